The predicted molar refractivity (Wildman–Crippen MR) is 56.8 cm³/mol. The Hall–Kier alpha value is -1.58. The van der Waals surface area contributed by atoms with E-state index in [1.807, 2.05) is 12.3 Å². The molecule has 4 heteroatoms. The number of rotatable bonds is 1. The van der Waals surface area contributed by atoms with Crippen LogP contribution < -0.4 is 5.32 Å². The molecule has 3 rings (SSSR count). The predicted octanol–water partition coefficient (Wildman–Crippen LogP) is 0.525. The number of nitrogens with zero attached hydrogens (tertiary/aromatic N) is 2. The molecule has 0 fully saturated rings. The van der Waals surface area contributed by atoms with Crippen molar-refractivity contribution in [2.24, 2.45) is 4.99 Å². The molecule has 0 saturated carbocycles. The first-order valence-electron chi connectivity index (χ1n) is 5.28. The van der Waals surface area contributed by atoms with Crippen molar-refractivity contribution in [3.05, 3.63) is 29.6 Å². The Morgan fingerprint density at radius 2 is 2.40 bits per heavy atom. The summed E-state index contributed by atoms with van der Waals surface area (Å²) in [6.45, 7) is 1.49. The minimum Gasteiger partial charge on any atom is -0.463 e. The van der Waals surface area contributed by atoms with Gasteiger partial charge < -0.3 is 10.1 Å². The number of fused-ring (bicyclic) bond motifs is 1. The summed E-state index contributed by atoms with van der Waals surface area (Å²) in [4.78, 5) is 8.59. The zero-order valence-electron chi connectivity index (χ0n) is 8.44. The van der Waals surface area contributed by atoms with E-state index in [9.17, 15) is 0 Å². The van der Waals surface area contributed by atoms with Gasteiger partial charge in [0, 0.05) is 24.4 Å². The third-order valence-electron chi connectivity index (χ3n) is 2.80. The number of amidine groups is 1. The molecule has 1 aliphatic heterocycles. The number of aliphatic imine (C=N–C) groups is 1. The van der Waals surface area contributed by atoms with Gasteiger partial charge in [-0.25, -0.2) is 4.99 Å². The Bertz CT molecular complexity index is 378. The van der Waals surface area contributed by atoms with Gasteiger partial charge in [0.15, 0.2) is 0 Å². The normalized spacial score (nSPS) is 23.2. The summed E-state index contributed by atoms with van der Waals surface area (Å²) in [7, 11) is 0. The van der Waals surface area contributed by atoms with Gasteiger partial charge in [-0.3, -0.25) is 4.98 Å². The standard InChI is InChI=1S/C11H13N3O/c1-2-8-6-9(7-10(8)12-3-1)14-11-13-4-5-15-11/h1-3,9H,4-7H2,(H,13,14). The Morgan fingerprint density at radius 3 is 3.20 bits per heavy atom. The molecule has 15 heavy (non-hydrogen) atoms. The number of ether oxygens (including phenoxy) is 1. The second kappa shape index (κ2) is 3.53. The maximum Gasteiger partial charge on any atom is 0.285 e. The van der Waals surface area contributed by atoms with Crippen molar-refractivity contribution in [2.75, 3.05) is 13.2 Å². The molecule has 1 aliphatic carbocycles. The molecule has 0 saturated heterocycles. The minimum absolute atomic E-state index is 0.395. The van der Waals surface area contributed by atoms with Crippen LogP contribution in [-0.2, 0) is 17.6 Å². The average Bonchev–Trinajstić information content (AvgIpc) is 2.86. The van der Waals surface area contributed by atoms with Crippen LogP contribution in [0.4, 0.5) is 0 Å². The highest BCUT2D eigenvalue weighted by atomic mass is 16.5. The highest BCUT2D eigenvalue weighted by Gasteiger charge is 2.23. The SMILES string of the molecule is c1cnc2c(c1)CC(NC1=NCCO1)C2. The van der Waals surface area contributed by atoms with E-state index in [1.165, 1.54) is 11.3 Å². The van der Waals surface area contributed by atoms with Gasteiger partial charge in [0.25, 0.3) is 6.02 Å². The maximum absolute atomic E-state index is 5.33. The molecule has 1 aromatic heterocycles. The molecule has 1 N–H and O–H groups in total. The van der Waals surface area contributed by atoms with Crippen LogP contribution in [-0.4, -0.2) is 30.2 Å². The van der Waals surface area contributed by atoms with Gasteiger partial charge in [-0.15, -0.1) is 0 Å². The molecule has 0 spiro atoms. The lowest BCUT2D eigenvalue weighted by Crippen LogP contribution is -2.35. The zero-order chi connectivity index (χ0) is 10.1. The molecule has 0 aromatic carbocycles. The van der Waals surface area contributed by atoms with Crippen LogP contribution in [0.1, 0.15) is 11.3 Å². The third-order valence-corrected chi connectivity index (χ3v) is 2.80. The van der Waals surface area contributed by atoms with Crippen molar-refractivity contribution in [3.8, 4) is 0 Å². The highest BCUT2D eigenvalue weighted by Crippen LogP contribution is 2.19. The molecule has 4 nitrogen and oxygen atoms in total. The Kier molecular flexibility index (Phi) is 2.05. The summed E-state index contributed by atoms with van der Waals surface area (Å²) in [5, 5.41) is 3.31. The molecule has 1 unspecified atom stereocenters. The fourth-order valence-electron chi connectivity index (χ4n) is 2.11. The topological polar surface area (TPSA) is 46.5 Å². The average molecular weight is 203 g/mol. The van der Waals surface area contributed by atoms with Crippen molar-refractivity contribution >= 4 is 6.02 Å². The molecule has 0 bridgehead atoms. The first kappa shape index (κ1) is 8.71. The highest BCUT2D eigenvalue weighted by molar-refractivity contribution is 5.75. The number of nitrogens with one attached hydrogen (secondary N) is 1. The van der Waals surface area contributed by atoms with E-state index in [4.69, 9.17) is 4.74 Å². The monoisotopic (exact) mass is 203 g/mol. The van der Waals surface area contributed by atoms with Crippen molar-refractivity contribution in [2.45, 2.75) is 18.9 Å². The number of aromatic nitrogens is 1. The quantitative estimate of drug-likeness (QED) is 0.724. The van der Waals surface area contributed by atoms with Gasteiger partial charge in [-0.2, -0.15) is 0 Å². The maximum atomic E-state index is 5.33. The largest absolute Gasteiger partial charge is 0.463 e. The Morgan fingerprint density at radius 1 is 1.40 bits per heavy atom. The van der Waals surface area contributed by atoms with Crippen LogP contribution in [0.3, 0.4) is 0 Å². The van der Waals surface area contributed by atoms with Crippen LogP contribution in [0.15, 0.2) is 23.3 Å². The zero-order valence-corrected chi connectivity index (χ0v) is 8.44. The fourth-order valence-corrected chi connectivity index (χ4v) is 2.11. The molecular formula is C11H13N3O. The molecule has 1 atom stereocenters. The summed E-state index contributed by atoms with van der Waals surface area (Å²) < 4.78 is 5.33. The summed E-state index contributed by atoms with van der Waals surface area (Å²) in [6, 6.07) is 5.23. The molecule has 0 radical (unpaired) electrons. The Labute approximate surface area is 88.4 Å². The van der Waals surface area contributed by atoms with E-state index in [2.05, 4.69) is 21.4 Å². The number of pyridine rings is 1. The van der Waals surface area contributed by atoms with E-state index in [0.29, 0.717) is 18.7 Å². The van der Waals surface area contributed by atoms with E-state index in [-0.39, 0.29) is 0 Å². The summed E-state index contributed by atoms with van der Waals surface area (Å²) >= 11 is 0. The minimum atomic E-state index is 0.395. The molecule has 1 aromatic rings. The fraction of sp³-hybridized carbons (Fsp3) is 0.455. The van der Waals surface area contributed by atoms with Gasteiger partial charge in [0.1, 0.15) is 6.61 Å². The van der Waals surface area contributed by atoms with Gasteiger partial charge in [0.05, 0.1) is 6.54 Å². The van der Waals surface area contributed by atoms with Crippen molar-refractivity contribution < 1.29 is 4.74 Å². The summed E-state index contributed by atoms with van der Waals surface area (Å²) in [5.41, 5.74) is 2.54. The number of hydrogen-bond donors (Lipinski definition) is 1. The van der Waals surface area contributed by atoms with Crippen LogP contribution in [0.2, 0.25) is 0 Å². The van der Waals surface area contributed by atoms with Crippen LogP contribution in [0, 0.1) is 0 Å². The smallest absolute Gasteiger partial charge is 0.285 e. The van der Waals surface area contributed by atoms with E-state index in [1.54, 1.807) is 0 Å². The summed E-state index contributed by atoms with van der Waals surface area (Å²) in [6.07, 6.45) is 3.84. The van der Waals surface area contributed by atoms with Gasteiger partial charge in [-0.1, -0.05) is 6.07 Å². The van der Waals surface area contributed by atoms with Gasteiger partial charge in [0.2, 0.25) is 0 Å². The van der Waals surface area contributed by atoms with Crippen LogP contribution in [0.25, 0.3) is 0 Å². The Balaban J connectivity index is 1.68. The van der Waals surface area contributed by atoms with Crippen molar-refractivity contribution in [3.63, 3.8) is 0 Å². The molecular weight excluding hydrogens is 190 g/mol. The summed E-state index contributed by atoms with van der Waals surface area (Å²) in [5.74, 6) is 0. The third kappa shape index (κ3) is 1.67. The molecule has 0 amide bonds. The van der Waals surface area contributed by atoms with Crippen LogP contribution in [0.5, 0.6) is 0 Å². The lowest BCUT2D eigenvalue weighted by Gasteiger charge is -2.11. The second-order valence-electron chi connectivity index (χ2n) is 3.89. The lowest BCUT2D eigenvalue weighted by molar-refractivity contribution is 0.325. The van der Waals surface area contributed by atoms with Crippen molar-refractivity contribution in [1.29, 1.82) is 0 Å². The molecule has 78 valence electrons. The number of hydrogen-bond acceptors (Lipinski definition) is 4. The first-order chi connectivity index (χ1) is 7.42. The van der Waals surface area contributed by atoms with Gasteiger partial charge in [-0.05, 0) is 18.1 Å². The van der Waals surface area contributed by atoms with Crippen LogP contribution >= 0.6 is 0 Å². The molecule has 2 heterocycles. The van der Waals surface area contributed by atoms with Gasteiger partial charge >= 0.3 is 0 Å². The van der Waals surface area contributed by atoms with Crippen molar-refractivity contribution in [1.82, 2.24) is 10.3 Å². The van der Waals surface area contributed by atoms with E-state index in [0.717, 1.165) is 19.4 Å². The van der Waals surface area contributed by atoms with E-state index >= 15 is 0 Å². The first-order valence-corrected chi connectivity index (χ1v) is 5.28. The lowest BCUT2D eigenvalue weighted by atomic mass is 10.2. The van der Waals surface area contributed by atoms with E-state index < -0.39 is 0 Å². The molecule has 2 aliphatic rings. The second-order valence-corrected chi connectivity index (χ2v) is 3.89.